The van der Waals surface area contributed by atoms with Gasteiger partial charge in [0, 0.05) is 44.3 Å². The molecule has 0 radical (unpaired) electrons. The molecule has 0 aliphatic rings. The Hall–Kier alpha value is -3.24. The summed E-state index contributed by atoms with van der Waals surface area (Å²) in [6.45, 7) is 4.94. The zero-order valence-electron chi connectivity index (χ0n) is 22.5. The summed E-state index contributed by atoms with van der Waals surface area (Å²) in [4.78, 5) is 42.3. The Morgan fingerprint density at radius 2 is 1.41 bits per heavy atom. The molecule has 0 unspecified atom stereocenters. The number of amides is 2. The summed E-state index contributed by atoms with van der Waals surface area (Å²) in [7, 11) is 1.34. The van der Waals surface area contributed by atoms with Gasteiger partial charge in [-0.3, -0.25) is 9.59 Å². The minimum atomic E-state index is -1.04. The zero-order valence-corrected chi connectivity index (χ0v) is 25.5. The second-order valence-electron chi connectivity index (χ2n) is 8.85. The predicted molar refractivity (Wildman–Crippen MR) is 158 cm³/mol. The van der Waals surface area contributed by atoms with Crippen LogP contribution in [0.25, 0.3) is 0 Å². The van der Waals surface area contributed by atoms with Gasteiger partial charge in [0.2, 0.25) is 11.7 Å². The number of nitrogens with zero attached hydrogens (tertiary/aromatic N) is 1. The second-order valence-corrected chi connectivity index (χ2v) is 10.6. The first-order valence-corrected chi connectivity index (χ1v) is 13.9. The molecular weight excluding hydrogens is 616 g/mol. The van der Waals surface area contributed by atoms with Crippen LogP contribution >= 0.6 is 46.4 Å². The van der Waals surface area contributed by atoms with Crippen LogP contribution in [0.1, 0.15) is 48.3 Å². The molecular formula is C28H27Cl4N3O6. The Morgan fingerprint density at radius 3 is 1.90 bits per heavy atom. The van der Waals surface area contributed by atoms with E-state index in [2.05, 4.69) is 15.6 Å². The van der Waals surface area contributed by atoms with Crippen LogP contribution in [-0.4, -0.2) is 48.8 Å². The third kappa shape index (κ3) is 8.63. The SMILES string of the molecule is CCOC(=O)Oc1c(OC)ccnc1C(=O)N[C@@H](C)C(=O)N[C@@H](C)C(c1cc(Cl)cc(Cl)c1)c1cc(Cl)cc(Cl)c1. The van der Waals surface area contributed by atoms with Crippen molar-refractivity contribution in [3.05, 3.63) is 85.6 Å². The Kier molecular flexibility index (Phi) is 11.5. The number of hydrogen-bond donors (Lipinski definition) is 2. The molecule has 218 valence electrons. The summed E-state index contributed by atoms with van der Waals surface area (Å²) in [5.74, 6) is -1.92. The Labute approximate surface area is 257 Å². The van der Waals surface area contributed by atoms with Crippen molar-refractivity contribution in [2.75, 3.05) is 13.7 Å². The molecule has 2 amide bonds. The Bertz CT molecular complexity index is 1350. The monoisotopic (exact) mass is 641 g/mol. The van der Waals surface area contributed by atoms with E-state index in [9.17, 15) is 14.4 Å². The molecule has 2 N–H and O–H groups in total. The molecule has 0 spiro atoms. The minimum Gasteiger partial charge on any atom is -0.493 e. The van der Waals surface area contributed by atoms with E-state index in [0.29, 0.717) is 31.2 Å². The first-order valence-electron chi connectivity index (χ1n) is 12.3. The molecule has 0 fully saturated rings. The first kappa shape index (κ1) is 32.3. The lowest BCUT2D eigenvalue weighted by Crippen LogP contribution is -2.49. The van der Waals surface area contributed by atoms with Gasteiger partial charge in [-0.15, -0.1) is 0 Å². The average Bonchev–Trinajstić information content (AvgIpc) is 2.87. The van der Waals surface area contributed by atoms with E-state index in [0.717, 1.165) is 0 Å². The molecule has 0 bridgehead atoms. The average molecular weight is 643 g/mol. The van der Waals surface area contributed by atoms with Crippen molar-refractivity contribution >= 4 is 64.4 Å². The molecule has 0 aliphatic heterocycles. The van der Waals surface area contributed by atoms with Crippen molar-refractivity contribution in [1.29, 1.82) is 0 Å². The number of pyridine rings is 1. The summed E-state index contributed by atoms with van der Waals surface area (Å²) < 4.78 is 15.1. The lowest BCUT2D eigenvalue weighted by molar-refractivity contribution is -0.123. The number of aromatic nitrogens is 1. The maximum absolute atomic E-state index is 13.2. The predicted octanol–water partition coefficient (Wildman–Crippen LogP) is 6.69. The molecule has 41 heavy (non-hydrogen) atoms. The van der Waals surface area contributed by atoms with Crippen LogP contribution in [0.15, 0.2) is 48.7 Å². The molecule has 3 rings (SSSR count). The van der Waals surface area contributed by atoms with Crippen LogP contribution in [0.5, 0.6) is 11.5 Å². The van der Waals surface area contributed by atoms with Crippen LogP contribution < -0.4 is 20.1 Å². The van der Waals surface area contributed by atoms with Gasteiger partial charge in [0.1, 0.15) is 6.04 Å². The summed E-state index contributed by atoms with van der Waals surface area (Å²) in [6.07, 6.45) is 0.260. The molecule has 1 aromatic heterocycles. The van der Waals surface area contributed by atoms with Crippen molar-refractivity contribution < 1.29 is 28.6 Å². The summed E-state index contributed by atoms with van der Waals surface area (Å²) in [5, 5.41) is 7.14. The van der Waals surface area contributed by atoms with Crippen LogP contribution in [0.3, 0.4) is 0 Å². The van der Waals surface area contributed by atoms with Gasteiger partial charge in [-0.25, -0.2) is 9.78 Å². The Morgan fingerprint density at radius 1 is 0.878 bits per heavy atom. The van der Waals surface area contributed by atoms with E-state index in [1.807, 2.05) is 0 Å². The molecule has 2 atom stereocenters. The maximum Gasteiger partial charge on any atom is 0.514 e. The number of carbonyl (C=O) groups is 3. The van der Waals surface area contributed by atoms with E-state index in [1.165, 1.54) is 26.3 Å². The standard InChI is InChI=1S/C28H27Cl4N3O6/c1-5-40-28(38)41-25-22(39-4)6-7-33-24(25)27(37)35-15(3)26(36)34-14(2)23(16-8-18(29)12-19(30)9-16)17-10-20(31)13-21(32)11-17/h6-15,23H,5H2,1-4H3,(H,34,36)(H,35,37)/t14-,15-/m0/s1. The molecule has 13 heteroatoms. The van der Waals surface area contributed by atoms with E-state index in [1.54, 1.807) is 50.2 Å². The molecule has 0 saturated carbocycles. The molecule has 0 saturated heterocycles. The highest BCUT2D eigenvalue weighted by atomic mass is 35.5. The number of rotatable bonds is 10. The van der Waals surface area contributed by atoms with Gasteiger partial charge in [-0.05, 0) is 68.3 Å². The van der Waals surface area contributed by atoms with Crippen molar-refractivity contribution in [2.45, 2.75) is 38.8 Å². The number of benzene rings is 2. The van der Waals surface area contributed by atoms with Gasteiger partial charge in [-0.2, -0.15) is 0 Å². The second kappa shape index (κ2) is 14.6. The summed E-state index contributed by atoms with van der Waals surface area (Å²) >= 11 is 25.1. The number of nitrogens with one attached hydrogen (secondary N) is 2. The molecule has 3 aromatic rings. The van der Waals surface area contributed by atoms with Gasteiger partial charge >= 0.3 is 6.16 Å². The van der Waals surface area contributed by atoms with Gasteiger partial charge in [-0.1, -0.05) is 46.4 Å². The van der Waals surface area contributed by atoms with Crippen LogP contribution in [0.2, 0.25) is 20.1 Å². The maximum atomic E-state index is 13.2. The quantitative estimate of drug-likeness (QED) is 0.237. The minimum absolute atomic E-state index is 0.0576. The van der Waals surface area contributed by atoms with E-state index in [-0.39, 0.29) is 23.8 Å². The highest BCUT2D eigenvalue weighted by Crippen LogP contribution is 2.35. The lowest BCUT2D eigenvalue weighted by atomic mass is 9.85. The smallest absolute Gasteiger partial charge is 0.493 e. The normalized spacial score (nSPS) is 12.3. The molecule has 1 heterocycles. The summed E-state index contributed by atoms with van der Waals surface area (Å²) in [6, 6.07) is 9.99. The largest absolute Gasteiger partial charge is 0.514 e. The van der Waals surface area contributed by atoms with Crippen molar-refractivity contribution in [3.63, 3.8) is 0 Å². The van der Waals surface area contributed by atoms with Crippen LogP contribution in [0.4, 0.5) is 4.79 Å². The fraction of sp³-hybridized carbons (Fsp3) is 0.286. The molecule has 9 nitrogen and oxygen atoms in total. The lowest BCUT2D eigenvalue weighted by Gasteiger charge is -2.28. The van der Waals surface area contributed by atoms with Crippen molar-refractivity contribution in [2.24, 2.45) is 0 Å². The fourth-order valence-corrected chi connectivity index (χ4v) is 5.21. The molecule has 0 aliphatic carbocycles. The van der Waals surface area contributed by atoms with Crippen LogP contribution in [-0.2, 0) is 9.53 Å². The van der Waals surface area contributed by atoms with Gasteiger partial charge in [0.15, 0.2) is 11.4 Å². The number of ether oxygens (including phenoxy) is 3. The number of methoxy groups -OCH3 is 1. The first-order chi connectivity index (χ1) is 19.4. The number of carbonyl (C=O) groups excluding carboxylic acids is 3. The van der Waals surface area contributed by atoms with Crippen molar-refractivity contribution in [1.82, 2.24) is 15.6 Å². The van der Waals surface area contributed by atoms with Gasteiger partial charge in [0.05, 0.1) is 13.7 Å². The number of halogens is 4. The van der Waals surface area contributed by atoms with E-state index >= 15 is 0 Å². The fourth-order valence-electron chi connectivity index (χ4n) is 4.12. The van der Waals surface area contributed by atoms with E-state index < -0.39 is 36.0 Å². The van der Waals surface area contributed by atoms with Crippen molar-refractivity contribution in [3.8, 4) is 11.5 Å². The third-order valence-corrected chi connectivity index (χ3v) is 6.72. The topological polar surface area (TPSA) is 116 Å². The Balaban J connectivity index is 1.84. The highest BCUT2D eigenvalue weighted by molar-refractivity contribution is 6.35. The molecule has 2 aromatic carbocycles. The van der Waals surface area contributed by atoms with E-state index in [4.69, 9.17) is 60.6 Å². The summed E-state index contributed by atoms with van der Waals surface area (Å²) in [5.41, 5.74) is 1.16. The number of hydrogen-bond acceptors (Lipinski definition) is 7. The highest BCUT2D eigenvalue weighted by Gasteiger charge is 2.29. The van der Waals surface area contributed by atoms with Gasteiger partial charge < -0.3 is 24.8 Å². The zero-order chi connectivity index (χ0) is 30.3. The van der Waals surface area contributed by atoms with Crippen LogP contribution in [0, 0.1) is 0 Å². The van der Waals surface area contributed by atoms with Gasteiger partial charge in [0.25, 0.3) is 5.91 Å². The third-order valence-electron chi connectivity index (χ3n) is 5.85.